The molecule has 1 aliphatic heterocycles. The second kappa shape index (κ2) is 8.68. The van der Waals surface area contributed by atoms with Crippen molar-refractivity contribution in [1.82, 2.24) is 5.32 Å². The number of hydrogen-bond donors (Lipinski definition) is 2. The van der Waals surface area contributed by atoms with Gasteiger partial charge < -0.3 is 10.6 Å². The minimum atomic E-state index is -0.572. The Hall–Kier alpha value is -1.87. The van der Waals surface area contributed by atoms with Gasteiger partial charge in [-0.25, -0.2) is 0 Å². The molecular formula is C16H12Cl2N4O2S2. The van der Waals surface area contributed by atoms with Gasteiger partial charge in [0.2, 0.25) is 11.8 Å². The molecule has 10 heteroatoms. The molecular weight excluding hydrogens is 415 g/mol. The van der Waals surface area contributed by atoms with Gasteiger partial charge >= 0.3 is 0 Å². The van der Waals surface area contributed by atoms with Crippen molar-refractivity contribution in [2.75, 3.05) is 5.32 Å². The fourth-order valence-corrected chi connectivity index (χ4v) is 4.01. The van der Waals surface area contributed by atoms with Gasteiger partial charge in [0.25, 0.3) is 0 Å². The summed E-state index contributed by atoms with van der Waals surface area (Å²) in [4.78, 5) is 25.1. The number of benzene rings is 1. The van der Waals surface area contributed by atoms with E-state index in [2.05, 4.69) is 20.8 Å². The summed E-state index contributed by atoms with van der Waals surface area (Å²) in [5, 5.41) is 15.7. The van der Waals surface area contributed by atoms with Gasteiger partial charge in [-0.05, 0) is 29.6 Å². The predicted molar refractivity (Wildman–Crippen MR) is 109 cm³/mol. The molecule has 0 bridgehead atoms. The number of hydrogen-bond acceptors (Lipinski definition) is 6. The van der Waals surface area contributed by atoms with Gasteiger partial charge in [-0.2, -0.15) is 5.10 Å². The Labute approximate surface area is 167 Å². The molecule has 1 aromatic carbocycles. The molecule has 0 unspecified atom stereocenters. The number of anilines is 1. The van der Waals surface area contributed by atoms with E-state index < -0.39 is 5.25 Å². The van der Waals surface area contributed by atoms with Crippen molar-refractivity contribution in [2.45, 2.75) is 11.7 Å². The molecule has 1 fully saturated rings. The first-order valence-corrected chi connectivity index (χ1v) is 9.90. The summed E-state index contributed by atoms with van der Waals surface area (Å²) >= 11 is 14.5. The van der Waals surface area contributed by atoms with E-state index in [0.717, 1.165) is 4.88 Å². The molecule has 6 nitrogen and oxygen atoms in total. The monoisotopic (exact) mass is 426 g/mol. The first kappa shape index (κ1) is 18.9. The lowest BCUT2D eigenvalue weighted by Crippen LogP contribution is -2.28. The number of amidine groups is 1. The number of rotatable bonds is 5. The number of thioether (sulfide) groups is 1. The Morgan fingerprint density at radius 2 is 2.19 bits per heavy atom. The molecule has 0 radical (unpaired) electrons. The average molecular weight is 427 g/mol. The Morgan fingerprint density at radius 1 is 1.35 bits per heavy atom. The van der Waals surface area contributed by atoms with E-state index in [0.29, 0.717) is 20.9 Å². The highest BCUT2D eigenvalue weighted by Crippen LogP contribution is 2.27. The van der Waals surface area contributed by atoms with Crippen LogP contribution in [-0.4, -0.2) is 28.4 Å². The maximum atomic E-state index is 12.2. The topological polar surface area (TPSA) is 82.9 Å². The largest absolute Gasteiger partial charge is 0.325 e. The highest BCUT2D eigenvalue weighted by atomic mass is 35.5. The van der Waals surface area contributed by atoms with Crippen LogP contribution in [0, 0.1) is 0 Å². The molecule has 1 aromatic heterocycles. The number of thiophene rings is 1. The van der Waals surface area contributed by atoms with Crippen molar-refractivity contribution in [3.05, 3.63) is 50.6 Å². The lowest BCUT2D eigenvalue weighted by atomic mass is 10.2. The van der Waals surface area contributed by atoms with Crippen LogP contribution < -0.4 is 10.6 Å². The van der Waals surface area contributed by atoms with Gasteiger partial charge in [0.05, 0.1) is 16.9 Å². The van der Waals surface area contributed by atoms with Crippen molar-refractivity contribution < 1.29 is 9.59 Å². The normalized spacial score (nSPS) is 18.5. The number of halogens is 2. The highest BCUT2D eigenvalue weighted by molar-refractivity contribution is 8.15. The van der Waals surface area contributed by atoms with E-state index in [-0.39, 0.29) is 18.2 Å². The van der Waals surface area contributed by atoms with Gasteiger partial charge in [0, 0.05) is 16.3 Å². The first-order valence-electron chi connectivity index (χ1n) is 7.38. The molecule has 2 N–H and O–H groups in total. The van der Waals surface area contributed by atoms with Crippen molar-refractivity contribution >= 4 is 75.2 Å². The molecule has 3 rings (SSSR count). The number of nitrogens with zero attached hydrogens (tertiary/aromatic N) is 2. The van der Waals surface area contributed by atoms with Crippen LogP contribution in [0.1, 0.15) is 11.3 Å². The number of nitrogens with one attached hydrogen (secondary N) is 2. The summed E-state index contributed by atoms with van der Waals surface area (Å²) < 4.78 is 0. The van der Waals surface area contributed by atoms with Gasteiger partial charge in [-0.15, -0.1) is 16.4 Å². The maximum absolute atomic E-state index is 12.2. The molecule has 0 spiro atoms. The number of amides is 2. The van der Waals surface area contributed by atoms with Crippen LogP contribution in [0.15, 0.2) is 45.9 Å². The van der Waals surface area contributed by atoms with Crippen LogP contribution in [0.5, 0.6) is 0 Å². The second-order valence-electron chi connectivity index (χ2n) is 5.14. The summed E-state index contributed by atoms with van der Waals surface area (Å²) in [5.74, 6) is -0.609. The van der Waals surface area contributed by atoms with Crippen LogP contribution in [-0.2, 0) is 9.59 Å². The van der Waals surface area contributed by atoms with Crippen LogP contribution in [0.3, 0.4) is 0 Å². The third-order valence-electron chi connectivity index (χ3n) is 3.23. The standard InChI is InChI=1S/C16H12Cl2N4O2S2/c17-9-3-4-12(11(18)6-9)20-14(23)7-13-15(24)21-16(26-13)22-19-8-10-2-1-5-25-10/h1-6,8,13H,7H2,(H,20,23)(H,21,22,24)/b19-8-/t13-/m1/s1. The molecule has 0 aliphatic carbocycles. The van der Waals surface area contributed by atoms with Crippen LogP contribution in [0.25, 0.3) is 0 Å². The molecule has 2 amide bonds. The van der Waals surface area contributed by atoms with E-state index in [1.54, 1.807) is 18.3 Å². The van der Waals surface area contributed by atoms with Crippen molar-refractivity contribution in [1.29, 1.82) is 0 Å². The van der Waals surface area contributed by atoms with Crippen LogP contribution in [0.4, 0.5) is 5.69 Å². The van der Waals surface area contributed by atoms with Gasteiger partial charge in [-0.3, -0.25) is 9.59 Å². The first-order chi connectivity index (χ1) is 12.5. The Balaban J connectivity index is 1.56. The number of carbonyl (C=O) groups is 2. The number of carbonyl (C=O) groups excluding carboxylic acids is 2. The molecule has 1 atom stereocenters. The van der Waals surface area contributed by atoms with Crippen LogP contribution >= 0.6 is 46.3 Å². The molecule has 134 valence electrons. The van der Waals surface area contributed by atoms with Gasteiger partial charge in [0.15, 0.2) is 5.17 Å². The molecule has 1 saturated heterocycles. The maximum Gasteiger partial charge on any atom is 0.240 e. The summed E-state index contributed by atoms with van der Waals surface area (Å²) in [5.41, 5.74) is 0.443. The van der Waals surface area contributed by atoms with Gasteiger partial charge in [0.1, 0.15) is 5.25 Å². The van der Waals surface area contributed by atoms with Crippen LogP contribution in [0.2, 0.25) is 10.0 Å². The summed E-state index contributed by atoms with van der Waals surface area (Å²) in [7, 11) is 0. The third-order valence-corrected chi connectivity index (χ3v) is 5.66. The van der Waals surface area contributed by atoms with Gasteiger partial charge in [-0.1, -0.05) is 41.0 Å². The Morgan fingerprint density at radius 3 is 2.92 bits per heavy atom. The van der Waals surface area contributed by atoms with Crippen molar-refractivity contribution in [3.8, 4) is 0 Å². The zero-order valence-electron chi connectivity index (χ0n) is 13.1. The van der Waals surface area contributed by atoms with E-state index in [1.165, 1.54) is 29.2 Å². The third kappa shape index (κ3) is 5.07. The SMILES string of the molecule is O=C(C[C@H]1S/C(=N/N=C\c2cccs2)NC1=O)Nc1ccc(Cl)cc1Cl. The van der Waals surface area contributed by atoms with E-state index in [9.17, 15) is 9.59 Å². The summed E-state index contributed by atoms with van der Waals surface area (Å²) in [6.45, 7) is 0. The van der Waals surface area contributed by atoms with Crippen molar-refractivity contribution in [3.63, 3.8) is 0 Å². The molecule has 1 aliphatic rings. The van der Waals surface area contributed by atoms with E-state index in [4.69, 9.17) is 23.2 Å². The lowest BCUT2D eigenvalue weighted by molar-refractivity contribution is -0.122. The highest BCUT2D eigenvalue weighted by Gasteiger charge is 2.32. The fourth-order valence-electron chi connectivity index (χ4n) is 2.05. The quantitative estimate of drug-likeness (QED) is 0.559. The predicted octanol–water partition coefficient (Wildman–Crippen LogP) is 4.01. The zero-order valence-corrected chi connectivity index (χ0v) is 16.3. The Kier molecular flexibility index (Phi) is 6.31. The summed E-state index contributed by atoms with van der Waals surface area (Å²) in [6, 6.07) is 8.58. The molecule has 2 heterocycles. The lowest BCUT2D eigenvalue weighted by Gasteiger charge is -2.09. The average Bonchev–Trinajstić information content (AvgIpc) is 3.21. The summed E-state index contributed by atoms with van der Waals surface area (Å²) in [6.07, 6.45) is 1.59. The second-order valence-corrected chi connectivity index (χ2v) is 8.15. The molecule has 26 heavy (non-hydrogen) atoms. The molecule has 0 saturated carbocycles. The fraction of sp³-hybridized carbons (Fsp3) is 0.125. The minimum Gasteiger partial charge on any atom is -0.325 e. The zero-order chi connectivity index (χ0) is 18.5. The Bertz CT molecular complexity index is 884. The minimum absolute atomic E-state index is 0.0108. The molecule has 2 aromatic rings. The van der Waals surface area contributed by atoms with Crippen molar-refractivity contribution in [2.24, 2.45) is 10.2 Å². The smallest absolute Gasteiger partial charge is 0.240 e. The van der Waals surface area contributed by atoms with E-state index >= 15 is 0 Å². The van der Waals surface area contributed by atoms with E-state index in [1.807, 2.05) is 17.5 Å².